The minimum atomic E-state index is -4.59. The Labute approximate surface area is 233 Å². The average molecular weight is 574 g/mol. The number of piperidine rings is 1. The smallest absolute Gasteiger partial charge is 0.340 e. The van der Waals surface area contributed by atoms with Gasteiger partial charge in [0.25, 0.3) is 0 Å². The molecule has 2 aromatic heterocycles. The van der Waals surface area contributed by atoms with Crippen molar-refractivity contribution in [3.63, 3.8) is 0 Å². The van der Waals surface area contributed by atoms with Crippen LogP contribution in [-0.2, 0) is 18.8 Å². The number of nitrogens with one attached hydrogen (secondary N) is 1. The first kappa shape index (κ1) is 28.8. The zero-order valence-corrected chi connectivity index (χ0v) is 22.6. The van der Waals surface area contributed by atoms with E-state index in [9.17, 15) is 26.3 Å². The lowest BCUT2D eigenvalue weighted by molar-refractivity contribution is -0.138. The predicted octanol–water partition coefficient (Wildman–Crippen LogP) is 8.14. The van der Waals surface area contributed by atoms with Gasteiger partial charge in [-0.2, -0.15) is 26.3 Å². The largest absolute Gasteiger partial charge is 0.418 e. The summed E-state index contributed by atoms with van der Waals surface area (Å²) in [5, 5.41) is 3.60. The highest BCUT2D eigenvalue weighted by Gasteiger charge is 2.34. The molecule has 0 atom stereocenters. The van der Waals surface area contributed by atoms with Crippen LogP contribution in [0.4, 0.5) is 37.8 Å². The van der Waals surface area contributed by atoms with Gasteiger partial charge in [-0.15, -0.1) is 0 Å². The molecule has 11 heteroatoms. The highest BCUT2D eigenvalue weighted by atomic mass is 19.4. The molecule has 3 heterocycles. The van der Waals surface area contributed by atoms with E-state index >= 15 is 0 Å². The van der Waals surface area contributed by atoms with Crippen LogP contribution >= 0.6 is 0 Å². The maximum absolute atomic E-state index is 13.7. The number of benzene rings is 2. The lowest BCUT2D eigenvalue weighted by Gasteiger charge is -2.38. The van der Waals surface area contributed by atoms with Gasteiger partial charge in [0.2, 0.25) is 0 Å². The van der Waals surface area contributed by atoms with E-state index in [1.54, 1.807) is 12.1 Å². The minimum absolute atomic E-state index is 0.200. The van der Waals surface area contributed by atoms with Gasteiger partial charge in [-0.05, 0) is 73.3 Å². The average Bonchev–Trinajstić information content (AvgIpc) is 2.90. The van der Waals surface area contributed by atoms with E-state index in [0.29, 0.717) is 41.2 Å². The Morgan fingerprint density at radius 2 is 1.68 bits per heavy atom. The van der Waals surface area contributed by atoms with Crippen LogP contribution in [-0.4, -0.2) is 39.5 Å². The van der Waals surface area contributed by atoms with Crippen molar-refractivity contribution in [3.05, 3.63) is 77.7 Å². The molecule has 0 radical (unpaired) electrons. The Kier molecular flexibility index (Phi) is 7.67. The molecule has 4 aromatic rings. The van der Waals surface area contributed by atoms with Gasteiger partial charge >= 0.3 is 12.4 Å². The van der Waals surface area contributed by atoms with Gasteiger partial charge in [-0.1, -0.05) is 19.9 Å². The molecule has 1 saturated heterocycles. The first-order valence-electron chi connectivity index (χ1n) is 13.3. The molecule has 0 unspecified atom stereocenters. The Bertz CT molecular complexity index is 1530. The number of nitrogens with zero attached hydrogens (tertiary/aromatic N) is 4. The fourth-order valence-electron chi connectivity index (χ4n) is 5.27. The van der Waals surface area contributed by atoms with Crippen LogP contribution in [0.3, 0.4) is 0 Å². The van der Waals surface area contributed by atoms with Crippen molar-refractivity contribution in [1.82, 2.24) is 19.9 Å². The van der Waals surface area contributed by atoms with E-state index in [1.807, 2.05) is 0 Å². The highest BCUT2D eigenvalue weighted by molar-refractivity contribution is 5.93. The molecular weight excluding hydrogens is 544 g/mol. The highest BCUT2D eigenvalue weighted by Crippen LogP contribution is 2.37. The van der Waals surface area contributed by atoms with Crippen molar-refractivity contribution >= 4 is 22.4 Å². The maximum Gasteiger partial charge on any atom is 0.418 e. The number of alkyl halides is 6. The van der Waals surface area contributed by atoms with Crippen LogP contribution in [0.15, 0.2) is 60.8 Å². The van der Waals surface area contributed by atoms with E-state index in [0.717, 1.165) is 44.1 Å². The van der Waals surface area contributed by atoms with Crippen molar-refractivity contribution in [2.75, 3.05) is 25.0 Å². The van der Waals surface area contributed by atoms with Gasteiger partial charge in [0.1, 0.15) is 11.6 Å². The normalized spacial score (nSPS) is 16.2. The van der Waals surface area contributed by atoms with Gasteiger partial charge in [0.15, 0.2) is 0 Å². The van der Waals surface area contributed by atoms with Crippen LogP contribution in [0.2, 0.25) is 0 Å². The van der Waals surface area contributed by atoms with Crippen molar-refractivity contribution in [2.24, 2.45) is 5.41 Å². The second-order valence-electron chi connectivity index (χ2n) is 11.1. The van der Waals surface area contributed by atoms with Crippen molar-refractivity contribution in [1.29, 1.82) is 0 Å². The molecular formula is C30H29F6N5. The minimum Gasteiger partial charge on any atom is -0.340 e. The standard InChI is InChI=1S/C30H29F6N5/c1-28(2)13-4-15-41(18-28)16-12-25-39-24-17-19(26-23(30(34,35)36)5-3-14-37-26)6-11-22(24)27(40-25)38-21-9-7-20(8-10-21)29(31,32)33/h3,5-11,14,17H,4,12-13,15-16,18H2,1-2H3,(H,38,39,40). The van der Waals surface area contributed by atoms with Crippen molar-refractivity contribution in [3.8, 4) is 11.3 Å². The number of fused-ring (bicyclic) bond motifs is 1. The van der Waals surface area contributed by atoms with Crippen molar-refractivity contribution < 1.29 is 26.3 Å². The Morgan fingerprint density at radius 3 is 2.37 bits per heavy atom. The molecule has 1 aliphatic heterocycles. The molecule has 5 rings (SSSR count). The molecule has 1 aliphatic rings. The lowest BCUT2D eigenvalue weighted by atomic mass is 9.84. The second-order valence-corrected chi connectivity index (χ2v) is 11.1. The van der Waals surface area contributed by atoms with E-state index in [2.05, 4.69) is 39.0 Å². The summed E-state index contributed by atoms with van der Waals surface area (Å²) in [6, 6.07) is 11.4. The zero-order valence-electron chi connectivity index (χ0n) is 22.6. The topological polar surface area (TPSA) is 53.9 Å². The predicted molar refractivity (Wildman–Crippen MR) is 146 cm³/mol. The quantitative estimate of drug-likeness (QED) is 0.236. The summed E-state index contributed by atoms with van der Waals surface area (Å²) in [5.41, 5.74) is -0.616. The molecule has 41 heavy (non-hydrogen) atoms. The number of likely N-dealkylation sites (tertiary alicyclic amines) is 1. The molecule has 0 amide bonds. The summed E-state index contributed by atoms with van der Waals surface area (Å²) < 4.78 is 80.3. The number of aromatic nitrogens is 3. The summed E-state index contributed by atoms with van der Waals surface area (Å²) in [6.45, 7) is 7.05. The Hall–Kier alpha value is -3.73. The second kappa shape index (κ2) is 10.9. The molecule has 1 N–H and O–H groups in total. The number of rotatable bonds is 6. The molecule has 0 saturated carbocycles. The van der Waals surface area contributed by atoms with Crippen LogP contribution in [0.5, 0.6) is 0 Å². The van der Waals surface area contributed by atoms with Gasteiger partial charge in [-0.25, -0.2) is 9.97 Å². The number of anilines is 2. The van der Waals surface area contributed by atoms with Gasteiger partial charge in [-0.3, -0.25) is 4.98 Å². The third kappa shape index (κ3) is 6.78. The number of pyridine rings is 1. The van der Waals surface area contributed by atoms with Crippen LogP contribution in [0, 0.1) is 5.41 Å². The third-order valence-electron chi connectivity index (χ3n) is 7.24. The van der Waals surface area contributed by atoms with Crippen molar-refractivity contribution in [2.45, 2.75) is 45.5 Å². The van der Waals surface area contributed by atoms with E-state index < -0.39 is 23.5 Å². The van der Waals surface area contributed by atoms with Crippen LogP contribution in [0.25, 0.3) is 22.2 Å². The van der Waals surface area contributed by atoms with Gasteiger partial charge in [0, 0.05) is 42.3 Å². The molecule has 2 aromatic carbocycles. The number of hydrogen-bond acceptors (Lipinski definition) is 5. The van der Waals surface area contributed by atoms with Crippen LogP contribution < -0.4 is 5.32 Å². The van der Waals surface area contributed by atoms with Crippen LogP contribution in [0.1, 0.15) is 43.6 Å². The Balaban J connectivity index is 1.52. The molecule has 0 bridgehead atoms. The Morgan fingerprint density at radius 1 is 0.927 bits per heavy atom. The summed E-state index contributed by atoms with van der Waals surface area (Å²) >= 11 is 0. The molecule has 0 aliphatic carbocycles. The fraction of sp³-hybridized carbons (Fsp3) is 0.367. The molecule has 1 fully saturated rings. The summed E-state index contributed by atoms with van der Waals surface area (Å²) in [4.78, 5) is 15.7. The van der Waals surface area contributed by atoms with E-state index in [1.165, 1.54) is 30.5 Å². The SMILES string of the molecule is CC1(C)CCCN(CCc2nc(Nc3ccc(C(F)(F)F)cc3)c3ccc(-c4ncccc4C(F)(F)F)cc3n2)C1. The summed E-state index contributed by atoms with van der Waals surface area (Å²) in [5.74, 6) is 0.830. The summed E-state index contributed by atoms with van der Waals surface area (Å²) in [6.07, 6.45) is -5.03. The number of halogens is 6. The monoisotopic (exact) mass is 573 g/mol. The lowest BCUT2D eigenvalue weighted by Crippen LogP contribution is -2.41. The fourth-order valence-corrected chi connectivity index (χ4v) is 5.27. The first-order valence-corrected chi connectivity index (χ1v) is 13.3. The zero-order chi connectivity index (χ0) is 29.4. The maximum atomic E-state index is 13.7. The van der Waals surface area contributed by atoms with E-state index in [4.69, 9.17) is 0 Å². The molecule has 5 nitrogen and oxygen atoms in total. The third-order valence-corrected chi connectivity index (χ3v) is 7.24. The van der Waals surface area contributed by atoms with Gasteiger partial charge in [0.05, 0.1) is 22.3 Å². The summed E-state index contributed by atoms with van der Waals surface area (Å²) in [7, 11) is 0. The first-order chi connectivity index (χ1) is 19.3. The molecule has 216 valence electrons. The van der Waals surface area contributed by atoms with E-state index in [-0.39, 0.29) is 16.7 Å². The number of hydrogen-bond donors (Lipinski definition) is 1. The van der Waals surface area contributed by atoms with Gasteiger partial charge < -0.3 is 10.2 Å². The molecule has 0 spiro atoms.